The third kappa shape index (κ3) is 4.96. The van der Waals surface area contributed by atoms with E-state index in [1.165, 1.54) is 96.8 Å². The summed E-state index contributed by atoms with van der Waals surface area (Å²) in [6.45, 7) is 7.74. The highest BCUT2D eigenvalue weighted by Crippen LogP contribution is 2.30. The Bertz CT molecular complexity index is 307. The first kappa shape index (κ1) is 16.8. The maximum Gasteiger partial charge on any atom is 0.0198 e. The minimum atomic E-state index is 0.771. The van der Waals surface area contributed by atoms with Crippen LogP contribution in [-0.2, 0) is 0 Å². The van der Waals surface area contributed by atoms with Crippen molar-refractivity contribution in [3.8, 4) is 0 Å². The molecule has 0 aromatic rings. The van der Waals surface area contributed by atoms with E-state index in [0.717, 1.165) is 23.8 Å². The highest BCUT2D eigenvalue weighted by Gasteiger charge is 2.29. The van der Waals surface area contributed by atoms with Crippen molar-refractivity contribution in [3.05, 3.63) is 0 Å². The van der Waals surface area contributed by atoms with E-state index in [-0.39, 0.29) is 0 Å². The van der Waals surface area contributed by atoms with Gasteiger partial charge in [-0.25, -0.2) is 0 Å². The molecule has 1 aliphatic heterocycles. The fourth-order valence-electron chi connectivity index (χ4n) is 4.98. The summed E-state index contributed by atoms with van der Waals surface area (Å²) in [7, 11) is 0. The molecule has 22 heavy (non-hydrogen) atoms. The van der Waals surface area contributed by atoms with Crippen LogP contribution in [0.3, 0.4) is 0 Å². The smallest absolute Gasteiger partial charge is 0.0198 e. The quantitative estimate of drug-likeness (QED) is 0.747. The van der Waals surface area contributed by atoms with Crippen LogP contribution in [0.15, 0.2) is 0 Å². The van der Waals surface area contributed by atoms with Crippen molar-refractivity contribution < 1.29 is 0 Å². The minimum Gasteiger partial charge on any atom is -0.312 e. The number of hydrogen-bond donors (Lipinski definition) is 1. The number of hydrogen-bond acceptors (Lipinski definition) is 2. The van der Waals surface area contributed by atoms with E-state index < -0.39 is 0 Å². The molecule has 2 heteroatoms. The standard InChI is InChI=1S/C20H38N2/c1-2-7-19-12-20(21-13-17-8-4-3-5-9-17)16-22(15-19)14-18-10-6-11-18/h17-21H,2-16H2,1H3. The molecular weight excluding hydrogens is 268 g/mol. The number of nitrogens with one attached hydrogen (secondary N) is 1. The Labute approximate surface area is 138 Å². The number of nitrogens with zero attached hydrogens (tertiary/aromatic N) is 1. The molecule has 0 spiro atoms. The summed E-state index contributed by atoms with van der Waals surface area (Å²) < 4.78 is 0. The van der Waals surface area contributed by atoms with Gasteiger partial charge in [0.25, 0.3) is 0 Å². The summed E-state index contributed by atoms with van der Waals surface area (Å²) in [6, 6.07) is 0.771. The zero-order chi connectivity index (χ0) is 15.2. The van der Waals surface area contributed by atoms with Gasteiger partial charge in [-0.15, -0.1) is 0 Å². The molecule has 2 aliphatic carbocycles. The highest BCUT2D eigenvalue weighted by atomic mass is 15.2. The van der Waals surface area contributed by atoms with Crippen LogP contribution in [0.1, 0.15) is 77.6 Å². The summed E-state index contributed by atoms with van der Waals surface area (Å²) in [4.78, 5) is 2.81. The normalized spacial score (nSPS) is 32.0. The van der Waals surface area contributed by atoms with Gasteiger partial charge in [-0.05, 0) is 62.8 Å². The fourth-order valence-corrected chi connectivity index (χ4v) is 4.98. The molecule has 1 saturated heterocycles. The van der Waals surface area contributed by atoms with E-state index in [4.69, 9.17) is 0 Å². The SMILES string of the molecule is CCCC1CC(NCC2CCCCC2)CN(CC2CCC2)C1. The van der Waals surface area contributed by atoms with Gasteiger partial charge in [0, 0.05) is 25.7 Å². The van der Waals surface area contributed by atoms with Gasteiger partial charge in [0.1, 0.15) is 0 Å². The summed E-state index contributed by atoms with van der Waals surface area (Å²) in [5.74, 6) is 2.95. The van der Waals surface area contributed by atoms with Gasteiger partial charge < -0.3 is 10.2 Å². The van der Waals surface area contributed by atoms with Gasteiger partial charge in [0.15, 0.2) is 0 Å². The predicted molar refractivity (Wildman–Crippen MR) is 95.2 cm³/mol. The van der Waals surface area contributed by atoms with Gasteiger partial charge >= 0.3 is 0 Å². The Balaban J connectivity index is 1.45. The molecule has 0 amide bonds. The number of piperidine rings is 1. The third-order valence-corrected chi connectivity index (χ3v) is 6.47. The van der Waals surface area contributed by atoms with Gasteiger partial charge in [-0.3, -0.25) is 0 Å². The molecule has 2 nitrogen and oxygen atoms in total. The lowest BCUT2D eigenvalue weighted by atomic mass is 9.83. The zero-order valence-electron chi connectivity index (χ0n) is 14.9. The molecule has 0 bridgehead atoms. The molecule has 2 atom stereocenters. The van der Waals surface area contributed by atoms with Crippen LogP contribution in [0, 0.1) is 17.8 Å². The van der Waals surface area contributed by atoms with E-state index >= 15 is 0 Å². The molecule has 3 fully saturated rings. The molecule has 1 heterocycles. The Hall–Kier alpha value is -0.0800. The summed E-state index contributed by atoms with van der Waals surface area (Å²) in [5, 5.41) is 3.98. The Kier molecular flexibility index (Phi) is 6.62. The Morgan fingerprint density at radius 3 is 2.32 bits per heavy atom. The Morgan fingerprint density at radius 1 is 0.864 bits per heavy atom. The van der Waals surface area contributed by atoms with Gasteiger partial charge in [-0.2, -0.15) is 0 Å². The number of rotatable bonds is 7. The molecule has 1 N–H and O–H groups in total. The topological polar surface area (TPSA) is 15.3 Å². The summed E-state index contributed by atoms with van der Waals surface area (Å²) in [6.07, 6.45) is 16.1. The van der Waals surface area contributed by atoms with Gasteiger partial charge in [0.2, 0.25) is 0 Å². The first-order valence-corrected chi connectivity index (χ1v) is 10.3. The molecule has 0 radical (unpaired) electrons. The van der Waals surface area contributed by atoms with Crippen molar-refractivity contribution >= 4 is 0 Å². The van der Waals surface area contributed by atoms with Crippen LogP contribution < -0.4 is 5.32 Å². The second-order valence-electron chi connectivity index (χ2n) is 8.52. The van der Waals surface area contributed by atoms with Crippen LogP contribution in [0.4, 0.5) is 0 Å². The molecule has 128 valence electrons. The zero-order valence-corrected chi connectivity index (χ0v) is 14.9. The lowest BCUT2D eigenvalue weighted by molar-refractivity contribution is 0.0961. The van der Waals surface area contributed by atoms with Crippen LogP contribution in [-0.4, -0.2) is 37.1 Å². The molecule has 2 unspecified atom stereocenters. The molecule has 3 rings (SSSR count). The monoisotopic (exact) mass is 306 g/mol. The van der Waals surface area contributed by atoms with Crippen molar-refractivity contribution in [1.82, 2.24) is 10.2 Å². The summed E-state index contributed by atoms with van der Waals surface area (Å²) in [5.41, 5.74) is 0. The molecular formula is C20H38N2. The largest absolute Gasteiger partial charge is 0.312 e. The van der Waals surface area contributed by atoms with Crippen molar-refractivity contribution in [2.75, 3.05) is 26.2 Å². The molecule has 0 aromatic carbocycles. The van der Waals surface area contributed by atoms with E-state index in [2.05, 4.69) is 17.1 Å². The predicted octanol–water partition coefficient (Wildman–Crippen LogP) is 4.45. The minimum absolute atomic E-state index is 0.771. The Morgan fingerprint density at radius 2 is 1.64 bits per heavy atom. The average molecular weight is 307 g/mol. The van der Waals surface area contributed by atoms with Gasteiger partial charge in [0.05, 0.1) is 0 Å². The van der Waals surface area contributed by atoms with E-state index in [1.807, 2.05) is 0 Å². The van der Waals surface area contributed by atoms with Crippen molar-refractivity contribution in [3.63, 3.8) is 0 Å². The van der Waals surface area contributed by atoms with Crippen LogP contribution in [0.2, 0.25) is 0 Å². The van der Waals surface area contributed by atoms with Crippen molar-refractivity contribution in [2.24, 2.45) is 17.8 Å². The third-order valence-electron chi connectivity index (χ3n) is 6.47. The second kappa shape index (κ2) is 8.68. The first-order valence-electron chi connectivity index (χ1n) is 10.3. The van der Waals surface area contributed by atoms with Crippen LogP contribution in [0.25, 0.3) is 0 Å². The fraction of sp³-hybridized carbons (Fsp3) is 1.00. The molecule has 0 aromatic heterocycles. The van der Waals surface area contributed by atoms with Crippen molar-refractivity contribution in [2.45, 2.75) is 83.6 Å². The van der Waals surface area contributed by atoms with E-state index in [1.54, 1.807) is 0 Å². The van der Waals surface area contributed by atoms with Crippen LogP contribution in [0.5, 0.6) is 0 Å². The van der Waals surface area contributed by atoms with E-state index in [9.17, 15) is 0 Å². The lowest BCUT2D eigenvalue weighted by Gasteiger charge is -2.42. The summed E-state index contributed by atoms with van der Waals surface area (Å²) >= 11 is 0. The molecule has 2 saturated carbocycles. The van der Waals surface area contributed by atoms with E-state index in [0.29, 0.717) is 0 Å². The first-order chi connectivity index (χ1) is 10.8. The maximum atomic E-state index is 3.98. The average Bonchev–Trinajstić information content (AvgIpc) is 2.50. The second-order valence-corrected chi connectivity index (χ2v) is 8.52. The molecule has 3 aliphatic rings. The number of likely N-dealkylation sites (tertiary alicyclic amines) is 1. The van der Waals surface area contributed by atoms with Crippen molar-refractivity contribution in [1.29, 1.82) is 0 Å². The maximum absolute atomic E-state index is 3.98. The highest BCUT2D eigenvalue weighted by molar-refractivity contribution is 4.86. The van der Waals surface area contributed by atoms with Crippen LogP contribution >= 0.6 is 0 Å². The van der Waals surface area contributed by atoms with Gasteiger partial charge in [-0.1, -0.05) is 39.0 Å². The lowest BCUT2D eigenvalue weighted by Crippen LogP contribution is -2.51.